The van der Waals surface area contributed by atoms with Crippen molar-refractivity contribution >= 4 is 59.3 Å². The molecule has 10 aromatic rings. The van der Waals surface area contributed by atoms with Crippen molar-refractivity contribution in [2.45, 2.75) is 0 Å². The van der Waals surface area contributed by atoms with Gasteiger partial charge in [0.25, 0.3) is 0 Å². The molecule has 1 aromatic heterocycles. The second-order valence-electron chi connectivity index (χ2n) is 13.6. The average Bonchev–Trinajstić information content (AvgIpc) is 3.64. The number of thiophene rings is 1. The molecule has 0 fully saturated rings. The van der Waals surface area contributed by atoms with E-state index in [-0.39, 0.29) is 0 Å². The summed E-state index contributed by atoms with van der Waals surface area (Å²) in [4.78, 5) is 2.50. The number of anilines is 3. The molecule has 254 valence electrons. The molecular weight excluding hydrogens is 671 g/mol. The molecule has 0 spiro atoms. The highest BCUT2D eigenvalue weighted by Crippen LogP contribution is 2.49. The summed E-state index contributed by atoms with van der Waals surface area (Å²) in [6.45, 7) is 0. The van der Waals surface area contributed by atoms with Crippen LogP contribution in [0.15, 0.2) is 212 Å². The van der Waals surface area contributed by atoms with Crippen LogP contribution >= 0.6 is 11.3 Å². The molecule has 0 unspecified atom stereocenters. The Morgan fingerprint density at radius 3 is 1.61 bits per heavy atom. The van der Waals surface area contributed by atoms with Crippen LogP contribution in [0.3, 0.4) is 0 Å². The summed E-state index contributed by atoms with van der Waals surface area (Å²) in [7, 11) is 0. The van der Waals surface area contributed by atoms with Gasteiger partial charge in [-0.2, -0.15) is 0 Å². The molecule has 0 saturated carbocycles. The molecule has 0 aliphatic carbocycles. The standard InChI is InChI=1S/C52H35NS/c1-4-17-36(18-5-1)41-34-33-40(35-47(41)38-21-8-3-9-22-38)53(49-31-16-29-46-44-26-11-13-32-50(44)54-52(46)49)48-30-12-10-25-43(48)45-28-15-24-39-23-14-27-42(51(39)45)37-19-6-2-7-20-37/h1-35H. The molecule has 0 saturated heterocycles. The van der Waals surface area contributed by atoms with Crippen LogP contribution in [0.1, 0.15) is 0 Å². The minimum atomic E-state index is 1.11. The molecule has 10 rings (SSSR count). The fourth-order valence-corrected chi connectivity index (χ4v) is 9.24. The second kappa shape index (κ2) is 13.7. The van der Waals surface area contributed by atoms with Crippen molar-refractivity contribution in [1.82, 2.24) is 0 Å². The van der Waals surface area contributed by atoms with Gasteiger partial charge in [0.1, 0.15) is 0 Å². The van der Waals surface area contributed by atoms with Gasteiger partial charge in [0.05, 0.1) is 16.1 Å². The first-order valence-corrected chi connectivity index (χ1v) is 19.3. The summed E-state index contributed by atoms with van der Waals surface area (Å²) < 4.78 is 2.56. The number of para-hydroxylation sites is 1. The van der Waals surface area contributed by atoms with Crippen LogP contribution in [0.2, 0.25) is 0 Å². The van der Waals surface area contributed by atoms with Crippen molar-refractivity contribution in [3.8, 4) is 44.5 Å². The third kappa shape index (κ3) is 5.56. The lowest BCUT2D eigenvalue weighted by Crippen LogP contribution is -2.12. The van der Waals surface area contributed by atoms with Crippen LogP contribution in [-0.4, -0.2) is 0 Å². The van der Waals surface area contributed by atoms with E-state index in [2.05, 4.69) is 217 Å². The van der Waals surface area contributed by atoms with Gasteiger partial charge in [-0.05, 0) is 80.0 Å². The smallest absolute Gasteiger partial charge is 0.0640 e. The van der Waals surface area contributed by atoms with Crippen LogP contribution in [0.5, 0.6) is 0 Å². The van der Waals surface area contributed by atoms with E-state index in [1.54, 1.807) is 0 Å². The molecule has 0 bridgehead atoms. The van der Waals surface area contributed by atoms with E-state index in [0.717, 1.165) is 17.1 Å². The van der Waals surface area contributed by atoms with E-state index >= 15 is 0 Å². The monoisotopic (exact) mass is 705 g/mol. The summed E-state index contributed by atoms with van der Waals surface area (Å²) >= 11 is 1.87. The number of nitrogens with zero attached hydrogens (tertiary/aromatic N) is 1. The molecule has 1 heterocycles. The molecule has 0 aliphatic heterocycles. The lowest BCUT2D eigenvalue weighted by Gasteiger charge is -2.30. The third-order valence-corrected chi connectivity index (χ3v) is 11.7. The molecule has 0 N–H and O–H groups in total. The molecule has 0 atom stereocenters. The van der Waals surface area contributed by atoms with Gasteiger partial charge < -0.3 is 4.90 Å². The second-order valence-corrected chi connectivity index (χ2v) is 14.7. The third-order valence-electron chi connectivity index (χ3n) is 10.5. The van der Waals surface area contributed by atoms with Gasteiger partial charge in [-0.1, -0.05) is 182 Å². The Kier molecular flexibility index (Phi) is 8.09. The normalized spacial score (nSPS) is 11.3. The van der Waals surface area contributed by atoms with Crippen molar-refractivity contribution in [2.75, 3.05) is 4.90 Å². The highest BCUT2D eigenvalue weighted by atomic mass is 32.1. The van der Waals surface area contributed by atoms with Crippen molar-refractivity contribution in [1.29, 1.82) is 0 Å². The maximum Gasteiger partial charge on any atom is 0.0640 e. The van der Waals surface area contributed by atoms with Gasteiger partial charge >= 0.3 is 0 Å². The van der Waals surface area contributed by atoms with Gasteiger partial charge in [-0.15, -0.1) is 11.3 Å². The number of hydrogen-bond acceptors (Lipinski definition) is 2. The van der Waals surface area contributed by atoms with Gasteiger partial charge in [0.15, 0.2) is 0 Å². The number of hydrogen-bond donors (Lipinski definition) is 0. The topological polar surface area (TPSA) is 3.24 Å². The lowest BCUT2D eigenvalue weighted by atomic mass is 9.90. The van der Waals surface area contributed by atoms with E-state index < -0.39 is 0 Å². The Hall–Kier alpha value is -6.74. The molecule has 2 heteroatoms. The first-order chi connectivity index (χ1) is 26.8. The summed E-state index contributed by atoms with van der Waals surface area (Å²) in [6, 6.07) is 77.2. The maximum atomic E-state index is 2.50. The van der Waals surface area contributed by atoms with Gasteiger partial charge in [-0.3, -0.25) is 0 Å². The Bertz CT molecular complexity index is 2920. The maximum absolute atomic E-state index is 2.50. The molecule has 54 heavy (non-hydrogen) atoms. The molecule has 0 aliphatic rings. The molecular formula is C52H35NS. The Morgan fingerprint density at radius 2 is 0.870 bits per heavy atom. The number of rotatable bonds is 7. The van der Waals surface area contributed by atoms with E-state index in [1.807, 2.05) is 11.3 Å². The number of benzene rings is 9. The Morgan fingerprint density at radius 1 is 0.333 bits per heavy atom. The first-order valence-electron chi connectivity index (χ1n) is 18.4. The van der Waals surface area contributed by atoms with Gasteiger partial charge in [0.2, 0.25) is 0 Å². The summed E-state index contributed by atoms with van der Waals surface area (Å²) in [5.41, 5.74) is 13.0. The fraction of sp³-hybridized carbons (Fsp3) is 0. The van der Waals surface area contributed by atoms with Crippen molar-refractivity contribution < 1.29 is 0 Å². The zero-order valence-corrected chi connectivity index (χ0v) is 30.4. The van der Waals surface area contributed by atoms with E-state index in [1.165, 1.54) is 75.5 Å². The lowest BCUT2D eigenvalue weighted by molar-refractivity contribution is 1.30. The van der Waals surface area contributed by atoms with E-state index in [4.69, 9.17) is 0 Å². The predicted octanol–water partition coefficient (Wildman–Crippen LogP) is 15.3. The van der Waals surface area contributed by atoms with Gasteiger partial charge in [-0.25, -0.2) is 0 Å². The minimum Gasteiger partial charge on any atom is -0.308 e. The highest BCUT2D eigenvalue weighted by molar-refractivity contribution is 7.26. The van der Waals surface area contributed by atoms with E-state index in [0.29, 0.717) is 0 Å². The highest BCUT2D eigenvalue weighted by Gasteiger charge is 2.23. The van der Waals surface area contributed by atoms with Crippen LogP contribution < -0.4 is 4.90 Å². The molecule has 1 nitrogen and oxygen atoms in total. The Labute approximate surface area is 319 Å². The average molecular weight is 706 g/mol. The van der Waals surface area contributed by atoms with Crippen LogP contribution in [-0.2, 0) is 0 Å². The SMILES string of the molecule is c1ccc(-c2ccc(N(c3ccccc3-c3cccc4cccc(-c5ccccc5)c34)c3cccc4c3sc3ccccc34)cc2-c2ccccc2)cc1. The van der Waals surface area contributed by atoms with Crippen LogP contribution in [0.25, 0.3) is 75.5 Å². The largest absolute Gasteiger partial charge is 0.308 e. The number of fused-ring (bicyclic) bond motifs is 4. The predicted molar refractivity (Wildman–Crippen MR) is 233 cm³/mol. The first kappa shape index (κ1) is 32.0. The zero-order valence-electron chi connectivity index (χ0n) is 29.6. The minimum absolute atomic E-state index is 1.11. The van der Waals surface area contributed by atoms with Crippen molar-refractivity contribution in [3.05, 3.63) is 212 Å². The summed E-state index contributed by atoms with van der Waals surface area (Å²) in [5.74, 6) is 0. The summed E-state index contributed by atoms with van der Waals surface area (Å²) in [6.07, 6.45) is 0. The van der Waals surface area contributed by atoms with Crippen molar-refractivity contribution in [3.63, 3.8) is 0 Å². The summed E-state index contributed by atoms with van der Waals surface area (Å²) in [5, 5.41) is 5.04. The molecule has 0 radical (unpaired) electrons. The van der Waals surface area contributed by atoms with Crippen molar-refractivity contribution in [2.24, 2.45) is 0 Å². The molecule has 9 aromatic carbocycles. The van der Waals surface area contributed by atoms with E-state index in [9.17, 15) is 0 Å². The quantitative estimate of drug-likeness (QED) is 0.160. The van der Waals surface area contributed by atoms with Crippen LogP contribution in [0.4, 0.5) is 17.1 Å². The van der Waals surface area contributed by atoms with Gasteiger partial charge in [0, 0.05) is 26.7 Å². The fourth-order valence-electron chi connectivity index (χ4n) is 8.03. The van der Waals surface area contributed by atoms with Crippen LogP contribution in [0, 0.1) is 0 Å². The molecule has 0 amide bonds. The Balaban J connectivity index is 1.28. The zero-order chi connectivity index (χ0) is 35.8.